The number of ether oxygens (including phenoxy) is 2. The maximum atomic E-state index is 12.6. The lowest BCUT2D eigenvalue weighted by Crippen LogP contribution is -2.36. The van der Waals surface area contributed by atoms with Crippen LogP contribution in [0.5, 0.6) is 0 Å². The molecular formula is C20H24N2O6. The average molecular weight is 388 g/mol. The van der Waals surface area contributed by atoms with Crippen LogP contribution in [0.25, 0.3) is 0 Å². The van der Waals surface area contributed by atoms with Gasteiger partial charge in [-0.3, -0.25) is 9.59 Å². The monoisotopic (exact) mass is 388 g/mol. The number of rotatable bonds is 8. The van der Waals surface area contributed by atoms with Crippen molar-refractivity contribution in [3.8, 4) is 0 Å². The molecule has 0 bridgehead atoms. The molecule has 150 valence electrons. The summed E-state index contributed by atoms with van der Waals surface area (Å²) in [5.74, 6) is -1.69. The van der Waals surface area contributed by atoms with Crippen LogP contribution in [0.15, 0.2) is 36.4 Å². The predicted molar refractivity (Wildman–Crippen MR) is 101 cm³/mol. The molecule has 2 N–H and O–H groups in total. The Labute approximate surface area is 163 Å². The third-order valence-electron chi connectivity index (χ3n) is 4.34. The minimum absolute atomic E-state index is 0.0637. The van der Waals surface area contributed by atoms with Crippen LogP contribution in [0.3, 0.4) is 0 Å². The van der Waals surface area contributed by atoms with Gasteiger partial charge in [-0.25, -0.2) is 9.59 Å². The smallest absolute Gasteiger partial charge is 0.337 e. The second-order valence-corrected chi connectivity index (χ2v) is 6.27. The second kappa shape index (κ2) is 10.2. The molecule has 1 heterocycles. The summed E-state index contributed by atoms with van der Waals surface area (Å²) in [5, 5.41) is 5.57. The molecular weight excluding hydrogens is 364 g/mol. The highest BCUT2D eigenvalue weighted by Crippen LogP contribution is 2.17. The molecule has 2 rings (SSSR count). The van der Waals surface area contributed by atoms with Gasteiger partial charge in [-0.2, -0.15) is 0 Å². The van der Waals surface area contributed by atoms with E-state index in [4.69, 9.17) is 4.74 Å². The highest BCUT2D eigenvalue weighted by atomic mass is 16.5. The van der Waals surface area contributed by atoms with Gasteiger partial charge in [0.25, 0.3) is 5.91 Å². The fraction of sp³-hybridized carbons (Fsp3) is 0.400. The Kier molecular flexibility index (Phi) is 7.74. The van der Waals surface area contributed by atoms with Gasteiger partial charge in [0.1, 0.15) is 0 Å². The summed E-state index contributed by atoms with van der Waals surface area (Å²) in [4.78, 5) is 47.5. The first-order valence-corrected chi connectivity index (χ1v) is 9.06. The standard InChI is InChI=1S/C20H24N2O6/c1-3-28-17(23)9-8-16(12-15-10-11-21-18(15)24)22-19(25)13-4-6-14(7-5-13)20(26)27-2/h4-9,15-16H,3,10-12H2,1-2H3,(H,21,24)(H,22,25)/b9-8+. The number of carbonyl (C=O) groups is 4. The minimum atomic E-state index is -0.522. The zero-order valence-electron chi connectivity index (χ0n) is 15.9. The predicted octanol–water partition coefficient (Wildman–Crippen LogP) is 1.22. The largest absolute Gasteiger partial charge is 0.465 e. The Morgan fingerprint density at radius 3 is 2.50 bits per heavy atom. The summed E-state index contributed by atoms with van der Waals surface area (Å²) in [6.07, 6.45) is 3.83. The van der Waals surface area contributed by atoms with Crippen LogP contribution in [-0.4, -0.2) is 50.1 Å². The Morgan fingerprint density at radius 1 is 1.25 bits per heavy atom. The van der Waals surface area contributed by atoms with Crippen molar-refractivity contribution >= 4 is 23.8 Å². The van der Waals surface area contributed by atoms with E-state index >= 15 is 0 Å². The number of hydrogen-bond donors (Lipinski definition) is 2. The van der Waals surface area contributed by atoms with Gasteiger partial charge >= 0.3 is 11.9 Å². The minimum Gasteiger partial charge on any atom is -0.465 e. The van der Waals surface area contributed by atoms with E-state index in [9.17, 15) is 19.2 Å². The van der Waals surface area contributed by atoms with Gasteiger partial charge in [0.2, 0.25) is 5.91 Å². The fourth-order valence-electron chi connectivity index (χ4n) is 2.87. The van der Waals surface area contributed by atoms with E-state index in [1.54, 1.807) is 6.92 Å². The molecule has 2 amide bonds. The fourth-order valence-corrected chi connectivity index (χ4v) is 2.87. The lowest BCUT2D eigenvalue weighted by atomic mass is 9.97. The quantitative estimate of drug-likeness (QED) is 0.512. The summed E-state index contributed by atoms with van der Waals surface area (Å²) >= 11 is 0. The lowest BCUT2D eigenvalue weighted by Gasteiger charge is -2.18. The summed E-state index contributed by atoms with van der Waals surface area (Å²) in [6.45, 7) is 2.55. The van der Waals surface area contributed by atoms with Crippen molar-refractivity contribution in [3.63, 3.8) is 0 Å². The Morgan fingerprint density at radius 2 is 1.93 bits per heavy atom. The molecule has 1 fully saturated rings. The topological polar surface area (TPSA) is 111 Å². The van der Waals surface area contributed by atoms with Crippen LogP contribution in [0, 0.1) is 5.92 Å². The van der Waals surface area contributed by atoms with Crippen molar-refractivity contribution in [1.82, 2.24) is 10.6 Å². The van der Waals surface area contributed by atoms with Gasteiger partial charge in [-0.05, 0) is 44.0 Å². The summed E-state index contributed by atoms with van der Waals surface area (Å²) in [5.41, 5.74) is 0.679. The van der Waals surface area contributed by atoms with E-state index in [0.717, 1.165) is 0 Å². The van der Waals surface area contributed by atoms with Gasteiger partial charge in [0.05, 0.1) is 19.3 Å². The van der Waals surface area contributed by atoms with E-state index < -0.39 is 18.0 Å². The highest BCUT2D eigenvalue weighted by Gasteiger charge is 2.27. The number of hydrogen-bond acceptors (Lipinski definition) is 6. The number of esters is 2. The number of nitrogens with one attached hydrogen (secondary N) is 2. The Hall–Kier alpha value is -3.16. The van der Waals surface area contributed by atoms with Crippen LogP contribution in [0.4, 0.5) is 0 Å². The normalized spacial score (nSPS) is 17.1. The molecule has 8 nitrogen and oxygen atoms in total. The summed E-state index contributed by atoms with van der Waals surface area (Å²) < 4.78 is 9.49. The van der Waals surface area contributed by atoms with Crippen LogP contribution in [0.2, 0.25) is 0 Å². The molecule has 0 saturated carbocycles. The maximum Gasteiger partial charge on any atom is 0.337 e. The molecule has 0 spiro atoms. The number of amides is 2. The van der Waals surface area contributed by atoms with E-state index in [1.807, 2.05) is 0 Å². The van der Waals surface area contributed by atoms with Gasteiger partial charge in [0.15, 0.2) is 0 Å². The van der Waals surface area contributed by atoms with E-state index in [2.05, 4.69) is 15.4 Å². The molecule has 0 radical (unpaired) electrons. The Bertz CT molecular complexity index is 756. The van der Waals surface area contributed by atoms with Gasteiger partial charge in [-0.15, -0.1) is 0 Å². The Balaban J connectivity index is 2.08. The van der Waals surface area contributed by atoms with Crippen LogP contribution in [0.1, 0.15) is 40.5 Å². The van der Waals surface area contributed by atoms with Crippen LogP contribution < -0.4 is 10.6 Å². The van der Waals surface area contributed by atoms with Gasteiger partial charge < -0.3 is 20.1 Å². The number of benzene rings is 1. The van der Waals surface area contributed by atoms with Crippen molar-refractivity contribution in [3.05, 3.63) is 47.5 Å². The van der Waals surface area contributed by atoms with Crippen LogP contribution in [-0.2, 0) is 19.1 Å². The maximum absolute atomic E-state index is 12.6. The molecule has 8 heteroatoms. The molecule has 2 atom stereocenters. The van der Waals surface area contributed by atoms with Gasteiger partial charge in [0, 0.05) is 30.1 Å². The second-order valence-electron chi connectivity index (χ2n) is 6.27. The first-order chi connectivity index (χ1) is 13.4. The van der Waals surface area contributed by atoms with Crippen molar-refractivity contribution in [1.29, 1.82) is 0 Å². The molecule has 0 aromatic heterocycles. The average Bonchev–Trinajstić information content (AvgIpc) is 3.10. The highest BCUT2D eigenvalue weighted by molar-refractivity contribution is 5.96. The first kappa shape index (κ1) is 21.1. The molecule has 1 saturated heterocycles. The molecule has 28 heavy (non-hydrogen) atoms. The lowest BCUT2D eigenvalue weighted by molar-refractivity contribution is -0.137. The van der Waals surface area contributed by atoms with Crippen LogP contribution >= 0.6 is 0 Å². The van der Waals surface area contributed by atoms with Crippen molar-refractivity contribution in [2.45, 2.75) is 25.8 Å². The number of methoxy groups -OCH3 is 1. The van der Waals surface area contributed by atoms with Crippen molar-refractivity contribution < 1.29 is 28.7 Å². The molecule has 0 aliphatic carbocycles. The third kappa shape index (κ3) is 5.94. The van der Waals surface area contributed by atoms with E-state index in [-0.39, 0.29) is 24.3 Å². The molecule has 1 aromatic carbocycles. The summed E-state index contributed by atoms with van der Waals surface area (Å²) in [7, 11) is 1.28. The third-order valence-corrected chi connectivity index (χ3v) is 4.34. The number of carbonyl (C=O) groups excluding carboxylic acids is 4. The first-order valence-electron chi connectivity index (χ1n) is 9.06. The summed E-state index contributed by atoms with van der Waals surface area (Å²) in [6, 6.07) is 5.49. The van der Waals surface area contributed by atoms with Crippen molar-refractivity contribution in [2.75, 3.05) is 20.3 Å². The zero-order chi connectivity index (χ0) is 20.5. The van der Waals surface area contributed by atoms with Gasteiger partial charge in [-0.1, -0.05) is 6.08 Å². The molecule has 2 unspecified atom stereocenters. The SMILES string of the molecule is CCOC(=O)/C=C/C(CC1CCNC1=O)NC(=O)c1ccc(C(=O)OC)cc1. The van der Waals surface area contributed by atoms with E-state index in [1.165, 1.54) is 43.5 Å². The molecule has 1 aliphatic heterocycles. The van der Waals surface area contributed by atoms with Crippen molar-refractivity contribution in [2.24, 2.45) is 5.92 Å². The van der Waals surface area contributed by atoms with E-state index in [0.29, 0.717) is 30.5 Å². The zero-order valence-corrected chi connectivity index (χ0v) is 15.9. The molecule has 1 aliphatic rings. The molecule has 1 aromatic rings.